The van der Waals surface area contributed by atoms with Gasteiger partial charge in [0.05, 0.1) is 34.9 Å². The summed E-state index contributed by atoms with van der Waals surface area (Å²) < 4.78 is 97.7. The summed E-state index contributed by atoms with van der Waals surface area (Å²) in [5.41, 5.74) is 0.426. The van der Waals surface area contributed by atoms with Crippen LogP contribution >= 0.6 is 0 Å². The zero-order chi connectivity index (χ0) is 36.2. The van der Waals surface area contributed by atoms with Crippen molar-refractivity contribution in [3.8, 4) is 0 Å². The molecule has 0 aromatic heterocycles. The van der Waals surface area contributed by atoms with Gasteiger partial charge in [0.15, 0.2) is 0 Å². The highest BCUT2D eigenvalue weighted by Crippen LogP contribution is 2.45. The molecule has 2 saturated heterocycles. The first kappa shape index (κ1) is 37.4. The maximum Gasteiger partial charge on any atom is 0.416 e. The summed E-state index contributed by atoms with van der Waals surface area (Å²) in [5, 5.41) is 11.7. The minimum Gasteiger partial charge on any atom is -0.481 e. The fourth-order valence-corrected chi connectivity index (χ4v) is 6.01. The van der Waals surface area contributed by atoms with Crippen LogP contribution in [0.5, 0.6) is 0 Å². The highest BCUT2D eigenvalue weighted by molar-refractivity contribution is 5.80. The molecule has 4 atom stereocenters. The summed E-state index contributed by atoms with van der Waals surface area (Å²) >= 11 is 0. The Labute approximate surface area is 276 Å². The molecule has 4 N–H and O–H groups in total. The van der Waals surface area contributed by atoms with Crippen LogP contribution in [0.15, 0.2) is 48.5 Å². The number of esters is 1. The first-order chi connectivity index (χ1) is 22.8. The van der Waals surface area contributed by atoms with Crippen LogP contribution in [0.1, 0.15) is 73.8 Å². The molecule has 2 aromatic carbocycles. The number of nitrogens with two attached hydrogens (primary N) is 1. The molecule has 1 spiro atoms. The van der Waals surface area contributed by atoms with E-state index in [1.807, 2.05) is 0 Å². The molecule has 0 bridgehead atoms. The summed E-state index contributed by atoms with van der Waals surface area (Å²) in [7, 11) is 0. The predicted octanol–water partition coefficient (Wildman–Crippen LogP) is 5.27. The number of piperidine rings is 1. The van der Waals surface area contributed by atoms with E-state index in [-0.39, 0.29) is 37.8 Å². The zero-order valence-electron chi connectivity index (χ0n) is 26.2. The molecule has 2 heterocycles. The van der Waals surface area contributed by atoms with Crippen LogP contribution in [0, 0.1) is 0 Å². The number of carbonyl (C=O) groups is 4. The van der Waals surface area contributed by atoms with Gasteiger partial charge in [-0.1, -0.05) is 30.3 Å². The maximum absolute atomic E-state index is 13.8. The number of rotatable bonds is 11. The van der Waals surface area contributed by atoms with E-state index in [2.05, 4.69) is 5.32 Å². The topological polar surface area (TPSA) is 157 Å². The number of carbonyl (C=O) groups excluding carboxylic acids is 3. The number of ether oxygens (including phenoxy) is 3. The van der Waals surface area contributed by atoms with Gasteiger partial charge in [0.1, 0.15) is 6.04 Å². The number of benzene rings is 2. The molecule has 0 aliphatic carbocycles. The van der Waals surface area contributed by atoms with Crippen molar-refractivity contribution < 1.29 is 64.8 Å². The van der Waals surface area contributed by atoms with Gasteiger partial charge >= 0.3 is 30.4 Å². The second kappa shape index (κ2) is 14.6. The molecule has 1 unspecified atom stereocenters. The van der Waals surface area contributed by atoms with Gasteiger partial charge in [-0.25, -0.2) is 4.79 Å². The van der Waals surface area contributed by atoms with E-state index < -0.39 is 90.1 Å². The van der Waals surface area contributed by atoms with Crippen LogP contribution < -0.4 is 11.1 Å². The molecule has 268 valence electrons. The first-order valence-corrected chi connectivity index (χ1v) is 15.2. The Morgan fingerprint density at radius 1 is 0.980 bits per heavy atom. The average molecular weight is 704 g/mol. The molecule has 0 radical (unpaired) electrons. The van der Waals surface area contributed by atoms with Crippen LogP contribution in [-0.4, -0.2) is 65.5 Å². The fraction of sp³-hybridized carbons (Fsp3) is 0.500. The number of halogens is 6. The molecule has 17 heteroatoms. The summed E-state index contributed by atoms with van der Waals surface area (Å²) in [6.45, 7) is -0.181. The van der Waals surface area contributed by atoms with Crippen LogP contribution in [0.25, 0.3) is 0 Å². The van der Waals surface area contributed by atoms with Crippen molar-refractivity contribution in [2.24, 2.45) is 5.73 Å². The Kier molecular flexibility index (Phi) is 11.2. The number of nitrogens with zero attached hydrogens (tertiary/aromatic N) is 1. The molecule has 2 aliphatic rings. The van der Waals surface area contributed by atoms with Crippen molar-refractivity contribution in [1.82, 2.24) is 10.2 Å². The van der Waals surface area contributed by atoms with Gasteiger partial charge in [-0.3, -0.25) is 19.3 Å². The molecule has 49 heavy (non-hydrogen) atoms. The third-order valence-corrected chi connectivity index (χ3v) is 8.77. The second-order valence-corrected chi connectivity index (χ2v) is 12.1. The maximum atomic E-state index is 13.8. The van der Waals surface area contributed by atoms with Gasteiger partial charge in [0, 0.05) is 19.4 Å². The molecule has 11 nitrogen and oxygen atoms in total. The van der Waals surface area contributed by atoms with Crippen molar-refractivity contribution in [2.45, 2.75) is 81.0 Å². The van der Waals surface area contributed by atoms with Gasteiger partial charge < -0.3 is 30.4 Å². The minimum atomic E-state index is -5.07. The molecule has 2 aromatic rings. The molecule has 4 rings (SSSR count). The summed E-state index contributed by atoms with van der Waals surface area (Å²) in [4.78, 5) is 50.3. The Bertz CT molecular complexity index is 1510. The van der Waals surface area contributed by atoms with E-state index in [1.165, 1.54) is 11.8 Å². The number of aliphatic carboxylic acids is 1. The number of nitrogens with one attached hydrogen (secondary N) is 1. The van der Waals surface area contributed by atoms with Crippen molar-refractivity contribution in [2.75, 3.05) is 19.9 Å². The van der Waals surface area contributed by atoms with Gasteiger partial charge in [0.2, 0.25) is 12.7 Å². The van der Waals surface area contributed by atoms with Gasteiger partial charge in [0.25, 0.3) is 0 Å². The second-order valence-electron chi connectivity index (χ2n) is 12.1. The van der Waals surface area contributed by atoms with E-state index in [9.17, 15) is 45.5 Å². The number of carboxylic acids is 1. The smallest absolute Gasteiger partial charge is 0.416 e. The number of amides is 2. The van der Waals surface area contributed by atoms with E-state index >= 15 is 0 Å². The first-order valence-electron chi connectivity index (χ1n) is 15.2. The zero-order valence-corrected chi connectivity index (χ0v) is 26.2. The average Bonchev–Trinajstić information content (AvgIpc) is 3.41. The molecule has 2 aliphatic heterocycles. The minimum absolute atomic E-state index is 0.0156. The fourth-order valence-electron chi connectivity index (χ4n) is 6.01. The quantitative estimate of drug-likeness (QED) is 0.161. The summed E-state index contributed by atoms with van der Waals surface area (Å²) in [6, 6.07) is 8.18. The Morgan fingerprint density at radius 2 is 1.61 bits per heavy atom. The third kappa shape index (κ3) is 9.00. The number of hydrogen-bond donors (Lipinski definition) is 3. The van der Waals surface area contributed by atoms with Crippen LogP contribution in [0.3, 0.4) is 0 Å². The number of alkyl halides is 6. The summed E-state index contributed by atoms with van der Waals surface area (Å²) in [5.74, 6) is -2.46. The van der Waals surface area contributed by atoms with Gasteiger partial charge in [-0.2, -0.15) is 26.3 Å². The Balaban J connectivity index is 1.64. The lowest BCUT2D eigenvalue weighted by atomic mass is 9.74. The molecule has 2 amide bonds. The lowest BCUT2D eigenvalue weighted by molar-refractivity contribution is -0.156. The van der Waals surface area contributed by atoms with Gasteiger partial charge in [-0.15, -0.1) is 0 Å². The largest absolute Gasteiger partial charge is 0.481 e. The van der Waals surface area contributed by atoms with Crippen molar-refractivity contribution >= 4 is 23.9 Å². The molecular formula is C32H35F6N3O8. The van der Waals surface area contributed by atoms with E-state index in [0.29, 0.717) is 30.5 Å². The highest BCUT2D eigenvalue weighted by Gasteiger charge is 2.54. The summed E-state index contributed by atoms with van der Waals surface area (Å²) in [6.07, 6.45) is -12.2. The van der Waals surface area contributed by atoms with Crippen LogP contribution in [0.2, 0.25) is 0 Å². The van der Waals surface area contributed by atoms with Crippen LogP contribution in [-0.2, 0) is 46.5 Å². The van der Waals surface area contributed by atoms with Crippen LogP contribution in [0.4, 0.5) is 31.1 Å². The number of hydrogen-bond acceptors (Lipinski definition) is 8. The Hall–Kier alpha value is -4.38. The standard InChI is InChI=1S/C32H35F6N3O8/c1-19(20-13-22(31(33,34)35)15-23(14-20)32(36,37)38)47-17-30(21-5-3-2-4-6-21)12-11-29(10-9-25(42)40-29)16-41(30)28(46)49-18-48-27(45)24(39)7-8-26(43)44/h2-6,13-15,19,24H,7-12,16-18,39H2,1H3,(H,40,42)(H,43,44)/t19-,24?,29-,30-/m1/s1. The molecule has 2 fully saturated rings. The highest BCUT2D eigenvalue weighted by atomic mass is 19.4. The van der Waals surface area contributed by atoms with Crippen molar-refractivity contribution in [1.29, 1.82) is 0 Å². The van der Waals surface area contributed by atoms with Gasteiger partial charge in [-0.05, 0) is 61.9 Å². The SMILES string of the molecule is C[C@@H](OC[C@@]1(c2ccccc2)CC[C@]2(CCC(=O)N2)CN1C(=O)OCOC(=O)C(N)CCC(=O)O)c1cc(C(F)(F)F)cc(C(F)(F)F)c1. The normalized spacial score (nSPS) is 22.4. The van der Waals surface area contributed by atoms with E-state index in [1.54, 1.807) is 30.3 Å². The van der Waals surface area contributed by atoms with E-state index in [0.717, 1.165) is 0 Å². The lowest BCUT2D eigenvalue weighted by Gasteiger charge is -2.52. The monoisotopic (exact) mass is 703 g/mol. The van der Waals surface area contributed by atoms with Crippen molar-refractivity contribution in [3.63, 3.8) is 0 Å². The lowest BCUT2D eigenvalue weighted by Crippen LogP contribution is -2.65. The van der Waals surface area contributed by atoms with E-state index in [4.69, 9.17) is 25.1 Å². The molecule has 0 saturated carbocycles. The Morgan fingerprint density at radius 3 is 2.16 bits per heavy atom. The number of carboxylic acid groups (broad SMARTS) is 1. The third-order valence-electron chi connectivity index (χ3n) is 8.77. The molecular weight excluding hydrogens is 668 g/mol. The van der Waals surface area contributed by atoms with Crippen molar-refractivity contribution in [3.05, 3.63) is 70.8 Å². The predicted molar refractivity (Wildman–Crippen MR) is 157 cm³/mol. The number of likely N-dealkylation sites (tertiary alicyclic amines) is 1.